The minimum absolute atomic E-state index is 0.615. The molecule has 0 unspecified atom stereocenters. The Labute approximate surface area is 176 Å². The van der Waals surface area contributed by atoms with Crippen molar-refractivity contribution in [2.24, 2.45) is 0 Å². The van der Waals surface area contributed by atoms with Crippen LogP contribution >= 0.6 is 11.6 Å². The van der Waals surface area contributed by atoms with Crippen molar-refractivity contribution >= 4 is 11.6 Å². The van der Waals surface area contributed by atoms with Crippen molar-refractivity contribution in [2.75, 3.05) is 6.61 Å². The van der Waals surface area contributed by atoms with Gasteiger partial charge in [-0.2, -0.15) is 0 Å². The van der Waals surface area contributed by atoms with Gasteiger partial charge in [0.25, 0.3) is 0 Å². The molecule has 1 aliphatic carbocycles. The van der Waals surface area contributed by atoms with Crippen molar-refractivity contribution < 1.29 is 4.74 Å². The van der Waals surface area contributed by atoms with Crippen molar-refractivity contribution in [3.63, 3.8) is 0 Å². The monoisotopic (exact) mass is 397 g/mol. The Morgan fingerprint density at radius 1 is 0.857 bits per heavy atom. The van der Waals surface area contributed by atoms with E-state index in [-0.39, 0.29) is 0 Å². The van der Waals surface area contributed by atoms with Crippen LogP contribution in [0.4, 0.5) is 0 Å². The minimum atomic E-state index is 0.615. The molecule has 3 rings (SSSR count). The van der Waals surface area contributed by atoms with Gasteiger partial charge < -0.3 is 4.74 Å². The zero-order valence-electron chi connectivity index (χ0n) is 17.3. The molecule has 1 saturated carbocycles. The fourth-order valence-corrected chi connectivity index (χ4v) is 4.43. The van der Waals surface area contributed by atoms with Gasteiger partial charge in [-0.25, -0.2) is 0 Å². The first kappa shape index (κ1) is 21.2. The Hall–Kier alpha value is -1.47. The number of ether oxygens (including phenoxy) is 1. The van der Waals surface area contributed by atoms with Crippen LogP contribution in [0.2, 0.25) is 5.02 Å². The average Bonchev–Trinajstić information content (AvgIpc) is 2.74. The van der Waals surface area contributed by atoms with Crippen LogP contribution in [0.1, 0.15) is 82.6 Å². The molecule has 28 heavy (non-hydrogen) atoms. The lowest BCUT2D eigenvalue weighted by Gasteiger charge is -2.23. The highest BCUT2D eigenvalue weighted by Gasteiger charge is 2.18. The second-order valence-electron chi connectivity index (χ2n) is 8.02. The second kappa shape index (κ2) is 11.5. The van der Waals surface area contributed by atoms with Gasteiger partial charge in [-0.15, -0.1) is 0 Å². The number of rotatable bonds is 10. The van der Waals surface area contributed by atoms with Gasteiger partial charge in [-0.1, -0.05) is 74.9 Å². The Morgan fingerprint density at radius 3 is 2.25 bits per heavy atom. The van der Waals surface area contributed by atoms with Crippen LogP contribution in [0, 0.1) is 6.42 Å². The summed E-state index contributed by atoms with van der Waals surface area (Å²) in [5.41, 5.74) is 3.69. The number of hydrogen-bond donors (Lipinski definition) is 0. The number of benzene rings is 2. The Morgan fingerprint density at radius 2 is 1.54 bits per heavy atom. The molecule has 0 aliphatic heterocycles. The van der Waals surface area contributed by atoms with E-state index in [1.807, 2.05) is 0 Å². The molecule has 2 heteroatoms. The molecule has 151 valence electrons. The molecular formula is C26H34ClO. The lowest BCUT2D eigenvalue weighted by Crippen LogP contribution is -2.05. The molecule has 2 aromatic carbocycles. The first-order valence-electron chi connectivity index (χ1n) is 11.1. The fraction of sp³-hybridized carbons (Fsp3) is 0.500. The molecule has 0 bridgehead atoms. The molecule has 2 aromatic rings. The number of unbranched alkanes of at least 4 members (excludes halogenated alkanes) is 5. The van der Waals surface area contributed by atoms with Gasteiger partial charge in [0.15, 0.2) is 0 Å². The van der Waals surface area contributed by atoms with E-state index in [9.17, 15) is 0 Å². The van der Waals surface area contributed by atoms with Crippen LogP contribution in [0.5, 0.6) is 5.75 Å². The predicted molar refractivity (Wildman–Crippen MR) is 121 cm³/mol. The summed E-state index contributed by atoms with van der Waals surface area (Å²) in [6, 6.07) is 15.0. The molecule has 0 saturated heterocycles. The van der Waals surface area contributed by atoms with Crippen LogP contribution in [0.25, 0.3) is 11.1 Å². The van der Waals surface area contributed by atoms with Gasteiger partial charge in [0.05, 0.1) is 6.61 Å². The number of hydrogen-bond acceptors (Lipinski definition) is 1. The molecule has 0 aromatic heterocycles. The van der Waals surface area contributed by atoms with E-state index in [4.69, 9.17) is 16.3 Å². The Balaban J connectivity index is 1.51. The summed E-state index contributed by atoms with van der Waals surface area (Å²) < 4.78 is 5.90. The Bertz CT molecular complexity index is 701. The lowest BCUT2D eigenvalue weighted by molar-refractivity contribution is 0.304. The van der Waals surface area contributed by atoms with E-state index < -0.39 is 0 Å². The first-order chi connectivity index (χ1) is 13.8. The summed E-state index contributed by atoms with van der Waals surface area (Å²) in [7, 11) is 0. The zero-order chi connectivity index (χ0) is 19.6. The maximum Gasteiger partial charge on any atom is 0.119 e. The zero-order valence-corrected chi connectivity index (χ0v) is 18.0. The highest BCUT2D eigenvalue weighted by atomic mass is 35.5. The maximum absolute atomic E-state index is 6.64. The molecule has 1 aliphatic rings. The van der Waals surface area contributed by atoms with Gasteiger partial charge in [0, 0.05) is 5.02 Å². The fourth-order valence-electron chi connectivity index (χ4n) is 4.09. The normalized spacial score (nSPS) is 14.9. The van der Waals surface area contributed by atoms with E-state index in [2.05, 4.69) is 55.8 Å². The lowest BCUT2D eigenvalue weighted by atomic mass is 9.83. The van der Waals surface area contributed by atoms with E-state index >= 15 is 0 Å². The summed E-state index contributed by atoms with van der Waals surface area (Å²) in [5.74, 6) is 1.57. The van der Waals surface area contributed by atoms with Gasteiger partial charge in [-0.3, -0.25) is 0 Å². The average molecular weight is 398 g/mol. The second-order valence-corrected chi connectivity index (χ2v) is 8.42. The van der Waals surface area contributed by atoms with Crippen molar-refractivity contribution in [3.8, 4) is 16.9 Å². The summed E-state index contributed by atoms with van der Waals surface area (Å²) in [4.78, 5) is 0. The molecule has 0 atom stereocenters. The van der Waals surface area contributed by atoms with Crippen molar-refractivity contribution in [1.82, 2.24) is 0 Å². The third-order valence-corrected chi connectivity index (χ3v) is 6.16. The summed E-state index contributed by atoms with van der Waals surface area (Å²) in [5, 5.41) is 0.910. The molecular weight excluding hydrogens is 364 g/mol. The third-order valence-electron chi connectivity index (χ3n) is 5.83. The van der Waals surface area contributed by atoms with E-state index in [1.165, 1.54) is 74.5 Å². The Kier molecular flexibility index (Phi) is 8.73. The predicted octanol–water partition coefficient (Wildman–Crippen LogP) is 8.61. The summed E-state index contributed by atoms with van der Waals surface area (Å²) in [6.07, 6.45) is 15.0. The van der Waals surface area contributed by atoms with E-state index in [1.54, 1.807) is 0 Å². The van der Waals surface area contributed by atoms with Crippen LogP contribution < -0.4 is 4.74 Å². The van der Waals surface area contributed by atoms with E-state index in [0.29, 0.717) is 5.92 Å². The smallest absolute Gasteiger partial charge is 0.119 e. The highest BCUT2D eigenvalue weighted by molar-refractivity contribution is 6.31. The van der Waals surface area contributed by atoms with Crippen LogP contribution in [0.15, 0.2) is 42.5 Å². The van der Waals surface area contributed by atoms with E-state index in [0.717, 1.165) is 23.8 Å². The van der Waals surface area contributed by atoms with Crippen LogP contribution in [0.3, 0.4) is 0 Å². The van der Waals surface area contributed by atoms with Gasteiger partial charge in [0.1, 0.15) is 5.75 Å². The molecule has 0 spiro atoms. The van der Waals surface area contributed by atoms with Crippen molar-refractivity contribution in [3.05, 3.63) is 59.5 Å². The third kappa shape index (κ3) is 6.27. The van der Waals surface area contributed by atoms with Crippen LogP contribution in [-0.2, 0) is 0 Å². The highest BCUT2D eigenvalue weighted by Crippen LogP contribution is 2.37. The number of halogens is 1. The standard InChI is InChI=1S/C26H34ClO/c1-2-3-4-5-6-10-19-28-24-16-13-21(14-17-24)23-15-18-25(26(27)20-23)22-11-8-7-9-12-22/h7,13-18,20,22H,2-6,8-12,19H2,1H3. The van der Waals surface area contributed by atoms with Crippen LogP contribution in [-0.4, -0.2) is 6.61 Å². The SMILES string of the molecule is CCCCCCCCOc1ccc(-c2ccc(C3CC[CH]CC3)c(Cl)c2)cc1. The van der Waals surface area contributed by atoms with Gasteiger partial charge >= 0.3 is 0 Å². The molecule has 0 N–H and O–H groups in total. The molecule has 1 radical (unpaired) electrons. The topological polar surface area (TPSA) is 9.23 Å². The minimum Gasteiger partial charge on any atom is -0.494 e. The first-order valence-corrected chi connectivity index (χ1v) is 11.5. The summed E-state index contributed by atoms with van der Waals surface area (Å²) in [6.45, 7) is 3.07. The molecule has 0 heterocycles. The van der Waals surface area contributed by atoms with Crippen molar-refractivity contribution in [1.29, 1.82) is 0 Å². The van der Waals surface area contributed by atoms with Gasteiger partial charge in [-0.05, 0) is 79.3 Å². The molecule has 0 amide bonds. The largest absolute Gasteiger partial charge is 0.494 e. The maximum atomic E-state index is 6.64. The van der Waals surface area contributed by atoms with Gasteiger partial charge in [0.2, 0.25) is 0 Å². The quantitative estimate of drug-likeness (QED) is 0.364. The molecule has 1 fully saturated rings. The molecule has 1 nitrogen and oxygen atoms in total. The summed E-state index contributed by atoms with van der Waals surface area (Å²) >= 11 is 6.64. The van der Waals surface area contributed by atoms with Crippen molar-refractivity contribution in [2.45, 2.75) is 77.0 Å².